The van der Waals surface area contributed by atoms with Crippen LogP contribution in [0.3, 0.4) is 0 Å². The first kappa shape index (κ1) is 12.5. The van der Waals surface area contributed by atoms with Gasteiger partial charge in [0.05, 0.1) is 0 Å². The van der Waals surface area contributed by atoms with Crippen LogP contribution in [0.4, 0.5) is 0 Å². The molecule has 88 valence electrons. The predicted molar refractivity (Wildman–Crippen MR) is 65.7 cm³/mol. The third-order valence-corrected chi connectivity index (χ3v) is 3.04. The monoisotopic (exact) mass is 211 g/mol. The fraction of sp³-hybridized carbons (Fsp3) is 0.917. The first-order chi connectivity index (χ1) is 7.24. The van der Waals surface area contributed by atoms with Gasteiger partial charge in [-0.15, -0.1) is 0 Å². The Kier molecular flexibility index (Phi) is 5.69. The minimum Gasteiger partial charge on any atom is -0.312 e. The summed E-state index contributed by atoms with van der Waals surface area (Å²) in [6, 6.07) is 0.335. The lowest BCUT2D eigenvalue weighted by molar-refractivity contribution is 0.444. The maximum absolute atomic E-state index is 5.56. The van der Waals surface area contributed by atoms with Crippen LogP contribution in [0.1, 0.15) is 58.8 Å². The maximum atomic E-state index is 5.56. The first-order valence-corrected chi connectivity index (χ1v) is 6.28. The van der Waals surface area contributed by atoms with Crippen molar-refractivity contribution < 1.29 is 0 Å². The maximum Gasteiger partial charge on any atom is 0.114 e. The quantitative estimate of drug-likeness (QED) is 0.319. The summed E-state index contributed by atoms with van der Waals surface area (Å²) in [7, 11) is 0. The number of aliphatic imine (C=N–C) groups is 1. The second kappa shape index (κ2) is 6.83. The molecule has 15 heavy (non-hydrogen) atoms. The molecule has 0 spiro atoms. The Morgan fingerprint density at radius 2 is 1.67 bits per heavy atom. The molecule has 0 aromatic rings. The van der Waals surface area contributed by atoms with Crippen molar-refractivity contribution in [3.63, 3.8) is 0 Å². The molecule has 3 N–H and O–H groups in total. The largest absolute Gasteiger partial charge is 0.312 e. The van der Waals surface area contributed by atoms with Crippen LogP contribution in [-0.2, 0) is 0 Å². The summed E-state index contributed by atoms with van der Waals surface area (Å²) in [6.45, 7) is 4.19. The van der Waals surface area contributed by atoms with E-state index >= 15 is 0 Å². The highest BCUT2D eigenvalue weighted by Gasteiger charge is 2.16. The Labute approximate surface area is 93.5 Å². The number of nitrogens with two attached hydrogens (primary N) is 1. The summed E-state index contributed by atoms with van der Waals surface area (Å²) in [5.74, 6) is 7.15. The van der Waals surface area contributed by atoms with Crippen molar-refractivity contribution in [1.82, 2.24) is 5.43 Å². The van der Waals surface area contributed by atoms with Crippen molar-refractivity contribution in [1.29, 1.82) is 0 Å². The van der Waals surface area contributed by atoms with Crippen LogP contribution in [0.15, 0.2) is 4.99 Å². The lowest BCUT2D eigenvalue weighted by atomic mass is 9.90. The molecule has 1 saturated carbocycles. The smallest absolute Gasteiger partial charge is 0.114 e. The normalized spacial score (nSPS) is 21.2. The summed E-state index contributed by atoms with van der Waals surface area (Å²) >= 11 is 0. The predicted octanol–water partition coefficient (Wildman–Crippen LogP) is 2.62. The number of nitrogens with one attached hydrogen (secondary N) is 1. The Balaban J connectivity index is 2.56. The fourth-order valence-corrected chi connectivity index (χ4v) is 2.27. The first-order valence-electron chi connectivity index (χ1n) is 6.28. The average Bonchev–Trinajstić information content (AvgIpc) is 2.14. The fourth-order valence-electron chi connectivity index (χ4n) is 2.27. The van der Waals surface area contributed by atoms with Gasteiger partial charge >= 0.3 is 0 Å². The van der Waals surface area contributed by atoms with E-state index in [9.17, 15) is 0 Å². The lowest BCUT2D eigenvalue weighted by Gasteiger charge is -2.21. The third-order valence-electron chi connectivity index (χ3n) is 3.04. The van der Waals surface area contributed by atoms with E-state index in [-0.39, 0.29) is 0 Å². The van der Waals surface area contributed by atoms with Gasteiger partial charge < -0.3 is 5.43 Å². The number of hydrazine groups is 1. The second-order valence-corrected chi connectivity index (χ2v) is 4.79. The van der Waals surface area contributed by atoms with Gasteiger partial charge in [0.25, 0.3) is 0 Å². The van der Waals surface area contributed by atoms with Gasteiger partial charge in [0.15, 0.2) is 0 Å². The molecule has 3 nitrogen and oxygen atoms in total. The topological polar surface area (TPSA) is 50.4 Å². The van der Waals surface area contributed by atoms with Crippen LogP contribution in [0.2, 0.25) is 0 Å². The highest BCUT2D eigenvalue weighted by atomic mass is 15.3. The lowest BCUT2D eigenvalue weighted by Crippen LogP contribution is -2.37. The molecule has 0 unspecified atom stereocenters. The number of rotatable bonds is 2. The molecule has 1 aliphatic rings. The molecule has 0 heterocycles. The number of amidine groups is 1. The van der Waals surface area contributed by atoms with E-state index in [1.54, 1.807) is 0 Å². The molecule has 1 fully saturated rings. The summed E-state index contributed by atoms with van der Waals surface area (Å²) in [4.78, 5) is 4.57. The van der Waals surface area contributed by atoms with Gasteiger partial charge in [0, 0.05) is 12.0 Å². The van der Waals surface area contributed by atoms with Gasteiger partial charge in [-0.2, -0.15) is 0 Å². The number of hydrogen-bond donors (Lipinski definition) is 2. The standard InChI is InChI=1S/C12H25N3/c1-10(2)14-12(15-13)11-8-6-4-3-5-7-9-11/h10-11H,3-9,13H2,1-2H3,(H,14,15). The van der Waals surface area contributed by atoms with Gasteiger partial charge in [-0.1, -0.05) is 32.1 Å². The molecule has 0 saturated heterocycles. The molecule has 0 aliphatic heterocycles. The summed E-state index contributed by atoms with van der Waals surface area (Å²) in [5, 5.41) is 0. The van der Waals surface area contributed by atoms with Gasteiger partial charge in [-0.25, -0.2) is 5.84 Å². The SMILES string of the molecule is CC(C)N=C(NN)C1CCCCCCC1. The third kappa shape index (κ3) is 4.65. The Morgan fingerprint density at radius 1 is 1.13 bits per heavy atom. The van der Waals surface area contributed by atoms with Gasteiger partial charge in [-0.05, 0) is 26.7 Å². The van der Waals surface area contributed by atoms with E-state index in [2.05, 4.69) is 24.3 Å². The molecular weight excluding hydrogens is 186 g/mol. The molecule has 0 aromatic carbocycles. The highest BCUT2D eigenvalue weighted by Crippen LogP contribution is 2.22. The molecule has 0 bridgehead atoms. The van der Waals surface area contributed by atoms with Crippen LogP contribution in [0.5, 0.6) is 0 Å². The molecule has 1 rings (SSSR count). The molecule has 0 aromatic heterocycles. The number of hydrogen-bond acceptors (Lipinski definition) is 2. The van der Waals surface area contributed by atoms with E-state index < -0.39 is 0 Å². The molecule has 3 heteroatoms. The summed E-state index contributed by atoms with van der Waals surface area (Å²) in [5.41, 5.74) is 2.80. The van der Waals surface area contributed by atoms with E-state index in [0.29, 0.717) is 12.0 Å². The van der Waals surface area contributed by atoms with Crippen molar-refractivity contribution in [3.05, 3.63) is 0 Å². The minimum atomic E-state index is 0.335. The second-order valence-electron chi connectivity index (χ2n) is 4.79. The summed E-state index contributed by atoms with van der Waals surface area (Å²) < 4.78 is 0. The van der Waals surface area contributed by atoms with E-state index in [4.69, 9.17) is 5.84 Å². The number of nitrogens with zero attached hydrogens (tertiary/aromatic N) is 1. The van der Waals surface area contributed by atoms with Crippen molar-refractivity contribution in [2.45, 2.75) is 64.8 Å². The Hall–Kier alpha value is -0.570. The average molecular weight is 211 g/mol. The summed E-state index contributed by atoms with van der Waals surface area (Å²) in [6.07, 6.45) is 9.28. The van der Waals surface area contributed by atoms with Crippen LogP contribution in [0.25, 0.3) is 0 Å². The van der Waals surface area contributed by atoms with Crippen molar-refractivity contribution in [2.24, 2.45) is 16.8 Å². The zero-order chi connectivity index (χ0) is 11.1. The van der Waals surface area contributed by atoms with Crippen LogP contribution in [-0.4, -0.2) is 11.9 Å². The van der Waals surface area contributed by atoms with Crippen LogP contribution in [0, 0.1) is 5.92 Å². The zero-order valence-electron chi connectivity index (χ0n) is 10.1. The minimum absolute atomic E-state index is 0.335. The van der Waals surface area contributed by atoms with Gasteiger partial charge in [0.1, 0.15) is 5.84 Å². The van der Waals surface area contributed by atoms with Crippen molar-refractivity contribution in [2.75, 3.05) is 0 Å². The molecule has 0 radical (unpaired) electrons. The van der Waals surface area contributed by atoms with Gasteiger partial charge in [-0.3, -0.25) is 4.99 Å². The van der Waals surface area contributed by atoms with Crippen LogP contribution >= 0.6 is 0 Å². The highest BCUT2D eigenvalue weighted by molar-refractivity contribution is 5.84. The Bertz CT molecular complexity index is 191. The van der Waals surface area contributed by atoms with E-state index in [0.717, 1.165) is 5.84 Å². The van der Waals surface area contributed by atoms with Crippen LogP contribution < -0.4 is 11.3 Å². The Morgan fingerprint density at radius 3 is 2.13 bits per heavy atom. The molecule has 0 atom stereocenters. The molecule has 1 aliphatic carbocycles. The molecular formula is C12H25N3. The van der Waals surface area contributed by atoms with Crippen molar-refractivity contribution >= 4 is 5.84 Å². The van der Waals surface area contributed by atoms with Crippen molar-refractivity contribution in [3.8, 4) is 0 Å². The molecule has 0 amide bonds. The van der Waals surface area contributed by atoms with E-state index in [1.807, 2.05) is 0 Å². The zero-order valence-corrected chi connectivity index (χ0v) is 10.1. The van der Waals surface area contributed by atoms with Gasteiger partial charge in [0.2, 0.25) is 0 Å². The van der Waals surface area contributed by atoms with E-state index in [1.165, 1.54) is 44.9 Å².